The van der Waals surface area contributed by atoms with Crippen molar-refractivity contribution in [1.29, 1.82) is 0 Å². The van der Waals surface area contributed by atoms with Crippen LogP contribution in [0, 0.1) is 0 Å². The highest BCUT2D eigenvalue weighted by Crippen LogP contribution is 2.56. The van der Waals surface area contributed by atoms with E-state index in [1.165, 1.54) is 66.3 Å². The summed E-state index contributed by atoms with van der Waals surface area (Å²) in [5.41, 5.74) is 16.7. The first-order chi connectivity index (χ1) is 28.3. The molecule has 2 heteroatoms. The Labute approximate surface area is 333 Å². The van der Waals surface area contributed by atoms with Crippen LogP contribution in [0.2, 0.25) is 0 Å². The van der Waals surface area contributed by atoms with E-state index in [0.29, 0.717) is 0 Å². The van der Waals surface area contributed by atoms with E-state index < -0.39 is 5.41 Å². The summed E-state index contributed by atoms with van der Waals surface area (Å²) in [6.45, 7) is 0. The van der Waals surface area contributed by atoms with Crippen molar-refractivity contribution in [1.82, 2.24) is 4.57 Å². The molecule has 0 saturated carbocycles. The lowest BCUT2D eigenvalue weighted by molar-refractivity contribution is 0.768. The number of benzene rings is 9. The summed E-state index contributed by atoms with van der Waals surface area (Å²) in [6.07, 6.45) is 0. The van der Waals surface area contributed by atoms with Gasteiger partial charge in [0, 0.05) is 33.5 Å². The van der Waals surface area contributed by atoms with Gasteiger partial charge in [0.2, 0.25) is 0 Å². The highest BCUT2D eigenvalue weighted by molar-refractivity contribution is 6.10. The number of rotatable bonds is 7. The van der Waals surface area contributed by atoms with Crippen LogP contribution in [-0.2, 0) is 5.41 Å². The monoisotopic (exact) mass is 726 g/mol. The Kier molecular flexibility index (Phi) is 7.75. The minimum absolute atomic E-state index is 0.401. The average Bonchev–Trinajstić information content (AvgIpc) is 3.78. The molecule has 0 fully saturated rings. The van der Waals surface area contributed by atoms with E-state index in [9.17, 15) is 0 Å². The van der Waals surface area contributed by atoms with Gasteiger partial charge in [0.1, 0.15) is 0 Å². The van der Waals surface area contributed by atoms with Crippen LogP contribution in [0.4, 0.5) is 17.1 Å². The maximum absolute atomic E-state index is 2.40. The summed E-state index contributed by atoms with van der Waals surface area (Å²) in [4.78, 5) is 2.37. The number of hydrogen-bond donors (Lipinski definition) is 0. The van der Waals surface area contributed by atoms with Crippen molar-refractivity contribution in [3.05, 3.63) is 253 Å². The van der Waals surface area contributed by atoms with Crippen molar-refractivity contribution in [3.8, 4) is 27.9 Å². The normalized spacial score (nSPS) is 12.7. The second kappa shape index (κ2) is 13.4. The van der Waals surface area contributed by atoms with Crippen molar-refractivity contribution in [2.75, 3.05) is 4.90 Å². The van der Waals surface area contributed by atoms with Crippen LogP contribution >= 0.6 is 0 Å². The summed E-state index contributed by atoms with van der Waals surface area (Å²) < 4.78 is 2.37. The molecule has 0 saturated heterocycles. The molecule has 0 aliphatic heterocycles. The van der Waals surface area contributed by atoms with E-state index in [2.05, 4.69) is 240 Å². The van der Waals surface area contributed by atoms with Gasteiger partial charge >= 0.3 is 0 Å². The molecule has 2 nitrogen and oxygen atoms in total. The van der Waals surface area contributed by atoms with Crippen LogP contribution in [0.3, 0.4) is 0 Å². The minimum Gasteiger partial charge on any atom is -0.310 e. The van der Waals surface area contributed by atoms with Crippen molar-refractivity contribution < 1.29 is 0 Å². The number of para-hydroxylation sites is 3. The number of anilines is 3. The third kappa shape index (κ3) is 5.18. The maximum atomic E-state index is 2.40. The zero-order valence-corrected chi connectivity index (χ0v) is 31.3. The van der Waals surface area contributed by atoms with Crippen LogP contribution in [0.5, 0.6) is 0 Å². The summed E-state index contributed by atoms with van der Waals surface area (Å²) in [6, 6.07) is 84.1. The lowest BCUT2D eigenvalue weighted by Gasteiger charge is -2.33. The van der Waals surface area contributed by atoms with E-state index in [1.54, 1.807) is 0 Å². The summed E-state index contributed by atoms with van der Waals surface area (Å²) in [5.74, 6) is 0. The molecule has 0 N–H and O–H groups in total. The van der Waals surface area contributed by atoms with Gasteiger partial charge in [-0.25, -0.2) is 0 Å². The van der Waals surface area contributed by atoms with Crippen LogP contribution in [0.25, 0.3) is 49.7 Å². The fourth-order valence-corrected chi connectivity index (χ4v) is 9.41. The molecule has 0 bridgehead atoms. The Bertz CT molecular complexity index is 3000. The Balaban J connectivity index is 1.02. The summed E-state index contributed by atoms with van der Waals surface area (Å²) >= 11 is 0. The molecule has 0 amide bonds. The molecular formula is C55H38N2. The molecule has 9 aromatic carbocycles. The lowest BCUT2D eigenvalue weighted by atomic mass is 9.67. The topological polar surface area (TPSA) is 8.17 Å². The number of nitrogens with zero attached hydrogens (tertiary/aromatic N) is 2. The molecule has 268 valence electrons. The second-order valence-corrected chi connectivity index (χ2v) is 14.9. The SMILES string of the molecule is c1ccc(N(c2ccc(-c3ccc4c(c3)-c3ccccc3C4(c3ccccc3)c3ccccc3)cc2)c2ccc3c(c2)c2ccccc2n3-c2ccccc2)cc1. The first-order valence-electron chi connectivity index (χ1n) is 19.7. The molecule has 0 radical (unpaired) electrons. The Hall–Kier alpha value is -7.42. The minimum atomic E-state index is -0.401. The van der Waals surface area contributed by atoms with Crippen LogP contribution in [0.1, 0.15) is 22.3 Å². The first kappa shape index (κ1) is 33.0. The average molecular weight is 727 g/mol. The molecule has 1 aliphatic carbocycles. The van der Waals surface area contributed by atoms with E-state index in [4.69, 9.17) is 0 Å². The molecule has 1 heterocycles. The molecule has 0 unspecified atom stereocenters. The van der Waals surface area contributed by atoms with Gasteiger partial charge in [0.05, 0.1) is 16.4 Å². The zero-order valence-electron chi connectivity index (χ0n) is 31.3. The van der Waals surface area contributed by atoms with Crippen molar-refractivity contribution in [2.45, 2.75) is 5.41 Å². The Morgan fingerprint density at radius 3 is 1.58 bits per heavy atom. The molecule has 1 aromatic heterocycles. The van der Waals surface area contributed by atoms with E-state index in [0.717, 1.165) is 22.7 Å². The van der Waals surface area contributed by atoms with Crippen molar-refractivity contribution in [3.63, 3.8) is 0 Å². The van der Waals surface area contributed by atoms with Crippen molar-refractivity contribution in [2.24, 2.45) is 0 Å². The van der Waals surface area contributed by atoms with Gasteiger partial charge in [-0.2, -0.15) is 0 Å². The lowest BCUT2D eigenvalue weighted by Crippen LogP contribution is -2.28. The van der Waals surface area contributed by atoms with Gasteiger partial charge in [-0.1, -0.05) is 164 Å². The third-order valence-electron chi connectivity index (χ3n) is 11.9. The fourth-order valence-electron chi connectivity index (χ4n) is 9.41. The molecule has 0 spiro atoms. The zero-order chi connectivity index (χ0) is 37.8. The molecule has 57 heavy (non-hydrogen) atoms. The summed E-state index contributed by atoms with van der Waals surface area (Å²) in [5, 5.41) is 2.47. The molecule has 10 aromatic rings. The van der Waals surface area contributed by atoms with Crippen LogP contribution < -0.4 is 4.90 Å². The van der Waals surface area contributed by atoms with Gasteiger partial charge in [0.25, 0.3) is 0 Å². The fraction of sp³-hybridized carbons (Fsp3) is 0.0182. The first-order valence-corrected chi connectivity index (χ1v) is 19.7. The predicted molar refractivity (Wildman–Crippen MR) is 238 cm³/mol. The highest BCUT2D eigenvalue weighted by atomic mass is 15.1. The molecule has 1 aliphatic rings. The van der Waals surface area contributed by atoms with E-state index in [-0.39, 0.29) is 0 Å². The summed E-state index contributed by atoms with van der Waals surface area (Å²) in [7, 11) is 0. The Morgan fingerprint density at radius 1 is 0.333 bits per heavy atom. The molecule has 0 atom stereocenters. The largest absolute Gasteiger partial charge is 0.310 e. The Morgan fingerprint density at radius 2 is 0.860 bits per heavy atom. The third-order valence-corrected chi connectivity index (χ3v) is 11.9. The number of aromatic nitrogens is 1. The van der Waals surface area contributed by atoms with Crippen molar-refractivity contribution >= 4 is 38.9 Å². The van der Waals surface area contributed by atoms with Crippen LogP contribution in [-0.4, -0.2) is 4.57 Å². The molecule has 11 rings (SSSR count). The highest BCUT2D eigenvalue weighted by Gasteiger charge is 2.45. The van der Waals surface area contributed by atoms with Gasteiger partial charge in [-0.3, -0.25) is 0 Å². The predicted octanol–water partition coefficient (Wildman–Crippen LogP) is 14.3. The van der Waals surface area contributed by atoms with Crippen LogP contribution in [0.15, 0.2) is 231 Å². The van der Waals surface area contributed by atoms with Gasteiger partial charge in [0.15, 0.2) is 0 Å². The number of fused-ring (bicyclic) bond motifs is 6. The maximum Gasteiger partial charge on any atom is 0.0713 e. The van der Waals surface area contributed by atoms with E-state index in [1.807, 2.05) is 0 Å². The smallest absolute Gasteiger partial charge is 0.0713 e. The standard InChI is InChI=1S/C55H38N2/c1-5-17-41(18-6-1)55(42-19-7-2-8-20-42)51-27-15-13-25-47(51)49-37-40(31-35-52(49)55)39-29-32-45(33-30-39)56(43-21-9-3-10-22-43)46-34-36-54-50(38-46)48-26-14-16-28-53(48)57(54)44-23-11-4-12-24-44/h1-38H. The van der Waals surface area contributed by atoms with E-state index >= 15 is 0 Å². The molecular weight excluding hydrogens is 689 g/mol. The second-order valence-electron chi connectivity index (χ2n) is 14.9. The van der Waals surface area contributed by atoms with Gasteiger partial charge < -0.3 is 9.47 Å². The quantitative estimate of drug-likeness (QED) is 0.159. The number of hydrogen-bond acceptors (Lipinski definition) is 1. The van der Waals surface area contributed by atoms with Gasteiger partial charge in [-0.05, 0) is 111 Å². The van der Waals surface area contributed by atoms with Gasteiger partial charge in [-0.15, -0.1) is 0 Å².